The minimum absolute atomic E-state index is 0.0224. The van der Waals surface area contributed by atoms with E-state index in [0.717, 1.165) is 21.4 Å². The number of hydrogen-bond acceptors (Lipinski definition) is 3. The molecule has 2 aromatic carbocycles. The summed E-state index contributed by atoms with van der Waals surface area (Å²) in [5.74, 6) is 1.33. The van der Waals surface area contributed by atoms with Gasteiger partial charge in [-0.2, -0.15) is 0 Å². The molecule has 6 heteroatoms. The third-order valence-electron chi connectivity index (χ3n) is 4.69. The van der Waals surface area contributed by atoms with E-state index in [2.05, 4.69) is 41.2 Å². The molecule has 30 heavy (non-hydrogen) atoms. The number of thioether (sulfide) groups is 1. The van der Waals surface area contributed by atoms with E-state index < -0.39 is 6.04 Å². The highest BCUT2D eigenvalue weighted by Crippen LogP contribution is 2.18. The van der Waals surface area contributed by atoms with E-state index in [1.807, 2.05) is 56.3 Å². The lowest BCUT2D eigenvalue weighted by atomic mass is 10.1. The van der Waals surface area contributed by atoms with E-state index in [1.54, 1.807) is 16.7 Å². The van der Waals surface area contributed by atoms with Gasteiger partial charge in [0.25, 0.3) is 0 Å². The molecule has 0 aromatic heterocycles. The highest BCUT2D eigenvalue weighted by atomic mass is 79.9. The normalized spacial score (nSPS) is 11.9. The number of amides is 2. The first-order chi connectivity index (χ1) is 14.3. The van der Waals surface area contributed by atoms with Crippen LogP contribution in [0.1, 0.15) is 37.5 Å². The van der Waals surface area contributed by atoms with Crippen LogP contribution >= 0.6 is 27.7 Å². The molecule has 0 fully saturated rings. The number of halogens is 1. The van der Waals surface area contributed by atoms with Gasteiger partial charge in [-0.05, 0) is 43.0 Å². The molecular weight excluding hydrogens is 460 g/mol. The SMILES string of the molecule is Cc1cccc(CN(C(=O)CSCc2ccc(Br)cc2)[C@@H](C)C(=O)NCC(C)C)c1. The molecule has 0 aliphatic carbocycles. The molecule has 1 N–H and O–H groups in total. The molecule has 0 saturated heterocycles. The van der Waals surface area contributed by atoms with E-state index in [9.17, 15) is 9.59 Å². The summed E-state index contributed by atoms with van der Waals surface area (Å²) in [6, 6.07) is 15.7. The van der Waals surface area contributed by atoms with Crippen molar-refractivity contribution >= 4 is 39.5 Å². The molecule has 0 spiro atoms. The van der Waals surface area contributed by atoms with E-state index in [0.29, 0.717) is 24.8 Å². The van der Waals surface area contributed by atoms with Crippen molar-refractivity contribution in [2.75, 3.05) is 12.3 Å². The van der Waals surface area contributed by atoms with E-state index in [1.165, 1.54) is 5.56 Å². The van der Waals surface area contributed by atoms with Gasteiger partial charge in [0.15, 0.2) is 0 Å². The molecule has 0 aliphatic rings. The van der Waals surface area contributed by atoms with E-state index in [-0.39, 0.29) is 11.8 Å². The van der Waals surface area contributed by atoms with Gasteiger partial charge in [0.1, 0.15) is 6.04 Å². The Morgan fingerprint density at radius 2 is 1.77 bits per heavy atom. The Labute approximate surface area is 192 Å². The number of benzene rings is 2. The van der Waals surface area contributed by atoms with Crippen molar-refractivity contribution in [1.29, 1.82) is 0 Å². The average molecular weight is 491 g/mol. The first-order valence-electron chi connectivity index (χ1n) is 10.2. The van der Waals surface area contributed by atoms with E-state index >= 15 is 0 Å². The van der Waals surface area contributed by atoms with Crippen molar-refractivity contribution in [1.82, 2.24) is 10.2 Å². The van der Waals surface area contributed by atoms with E-state index in [4.69, 9.17) is 0 Å². The van der Waals surface area contributed by atoms with Gasteiger partial charge in [-0.1, -0.05) is 71.7 Å². The molecule has 2 aromatic rings. The molecule has 0 bridgehead atoms. The van der Waals surface area contributed by atoms with Crippen LogP contribution in [0.3, 0.4) is 0 Å². The zero-order chi connectivity index (χ0) is 22.1. The summed E-state index contributed by atoms with van der Waals surface area (Å²) in [5.41, 5.74) is 3.34. The number of rotatable bonds is 10. The Kier molecular flexibility index (Phi) is 9.92. The van der Waals surface area contributed by atoms with Crippen molar-refractivity contribution in [3.63, 3.8) is 0 Å². The van der Waals surface area contributed by atoms with Gasteiger partial charge in [-0.3, -0.25) is 9.59 Å². The van der Waals surface area contributed by atoms with Gasteiger partial charge in [0.05, 0.1) is 5.75 Å². The highest BCUT2D eigenvalue weighted by Gasteiger charge is 2.26. The van der Waals surface area contributed by atoms with Crippen molar-refractivity contribution in [2.24, 2.45) is 5.92 Å². The molecule has 4 nitrogen and oxygen atoms in total. The maximum absolute atomic E-state index is 13.1. The third-order valence-corrected chi connectivity index (χ3v) is 6.21. The summed E-state index contributed by atoms with van der Waals surface area (Å²) in [7, 11) is 0. The van der Waals surface area contributed by atoms with Crippen LogP contribution in [0.2, 0.25) is 0 Å². The van der Waals surface area contributed by atoms with Crippen molar-refractivity contribution in [3.05, 3.63) is 69.7 Å². The Bertz CT molecular complexity index is 839. The first kappa shape index (κ1) is 24.5. The fourth-order valence-corrected chi connectivity index (χ4v) is 4.10. The molecule has 162 valence electrons. The van der Waals surface area contributed by atoms with Crippen molar-refractivity contribution < 1.29 is 9.59 Å². The number of nitrogens with zero attached hydrogens (tertiary/aromatic N) is 1. The summed E-state index contributed by atoms with van der Waals surface area (Å²) >= 11 is 5.01. The quantitative estimate of drug-likeness (QED) is 0.498. The molecular formula is C24H31BrN2O2S. The van der Waals surface area contributed by atoms with Gasteiger partial charge in [0.2, 0.25) is 11.8 Å². The minimum atomic E-state index is -0.523. The number of hydrogen-bond donors (Lipinski definition) is 1. The predicted molar refractivity (Wildman–Crippen MR) is 129 cm³/mol. The van der Waals surface area contributed by atoms with Crippen LogP contribution in [0.4, 0.5) is 0 Å². The molecule has 0 radical (unpaired) electrons. The zero-order valence-electron chi connectivity index (χ0n) is 18.2. The Balaban J connectivity index is 2.05. The third kappa shape index (κ3) is 8.15. The van der Waals surface area contributed by atoms with Gasteiger partial charge < -0.3 is 10.2 Å². The first-order valence-corrected chi connectivity index (χ1v) is 12.2. The topological polar surface area (TPSA) is 49.4 Å². The lowest BCUT2D eigenvalue weighted by Crippen LogP contribution is -2.48. The zero-order valence-corrected chi connectivity index (χ0v) is 20.6. The molecule has 0 aliphatic heterocycles. The number of carbonyl (C=O) groups excluding carboxylic acids is 2. The predicted octanol–water partition coefficient (Wildman–Crippen LogP) is 5.18. The average Bonchev–Trinajstić information content (AvgIpc) is 2.71. The molecule has 0 unspecified atom stereocenters. The Hall–Kier alpha value is -1.79. The van der Waals surface area contributed by atoms with Crippen LogP contribution in [-0.2, 0) is 21.9 Å². The van der Waals surface area contributed by atoms with Crippen LogP contribution in [0.25, 0.3) is 0 Å². The molecule has 0 saturated carbocycles. The second kappa shape index (κ2) is 12.2. The van der Waals surface area contributed by atoms with Gasteiger partial charge in [-0.15, -0.1) is 11.8 Å². The monoisotopic (exact) mass is 490 g/mol. The van der Waals surface area contributed by atoms with Crippen LogP contribution < -0.4 is 5.32 Å². The molecule has 2 rings (SSSR count). The number of aryl methyl sites for hydroxylation is 1. The van der Waals surface area contributed by atoms with Crippen molar-refractivity contribution in [2.45, 2.75) is 46.0 Å². The summed E-state index contributed by atoms with van der Waals surface area (Å²) in [5, 5.41) is 2.96. The van der Waals surface area contributed by atoms with Gasteiger partial charge in [-0.25, -0.2) is 0 Å². The summed E-state index contributed by atoms with van der Waals surface area (Å²) in [4.78, 5) is 27.4. The Morgan fingerprint density at radius 3 is 2.40 bits per heavy atom. The van der Waals surface area contributed by atoms with Crippen LogP contribution in [0, 0.1) is 12.8 Å². The Morgan fingerprint density at radius 1 is 1.07 bits per heavy atom. The summed E-state index contributed by atoms with van der Waals surface area (Å²) in [6.45, 7) is 8.98. The fourth-order valence-electron chi connectivity index (χ4n) is 2.96. The maximum atomic E-state index is 13.1. The lowest BCUT2D eigenvalue weighted by Gasteiger charge is -2.29. The van der Waals surface area contributed by atoms with Crippen LogP contribution in [-0.4, -0.2) is 35.1 Å². The second-order valence-electron chi connectivity index (χ2n) is 7.94. The maximum Gasteiger partial charge on any atom is 0.242 e. The summed E-state index contributed by atoms with van der Waals surface area (Å²) in [6.07, 6.45) is 0. The number of carbonyl (C=O) groups is 2. The molecule has 1 atom stereocenters. The van der Waals surface area contributed by atoms with Crippen LogP contribution in [0.5, 0.6) is 0 Å². The van der Waals surface area contributed by atoms with Crippen LogP contribution in [0.15, 0.2) is 53.0 Å². The molecule has 0 heterocycles. The summed E-state index contributed by atoms with van der Waals surface area (Å²) < 4.78 is 1.04. The van der Waals surface area contributed by atoms with Crippen molar-refractivity contribution in [3.8, 4) is 0 Å². The number of nitrogens with one attached hydrogen (secondary N) is 1. The standard InChI is InChI=1S/C24H31BrN2O2S/c1-17(2)13-26-24(29)19(4)27(14-21-7-5-6-18(3)12-21)23(28)16-30-15-20-8-10-22(25)11-9-20/h5-12,17,19H,13-16H2,1-4H3,(H,26,29)/t19-/m0/s1. The van der Waals surface area contributed by atoms with Gasteiger partial charge in [0, 0.05) is 23.3 Å². The smallest absolute Gasteiger partial charge is 0.242 e. The second-order valence-corrected chi connectivity index (χ2v) is 9.85. The minimum Gasteiger partial charge on any atom is -0.354 e. The van der Waals surface area contributed by atoms with Gasteiger partial charge >= 0.3 is 0 Å². The largest absolute Gasteiger partial charge is 0.354 e. The lowest BCUT2D eigenvalue weighted by molar-refractivity contribution is -0.138. The molecule has 2 amide bonds. The highest BCUT2D eigenvalue weighted by molar-refractivity contribution is 9.10. The fraction of sp³-hybridized carbons (Fsp3) is 0.417.